The Morgan fingerprint density at radius 1 is 1.14 bits per heavy atom. The highest BCUT2D eigenvalue weighted by Gasteiger charge is 2.46. The first-order valence-corrected chi connectivity index (χ1v) is 6.02. The van der Waals surface area contributed by atoms with E-state index in [-0.39, 0.29) is 6.61 Å². The van der Waals surface area contributed by atoms with Crippen molar-refractivity contribution in [1.29, 1.82) is 0 Å². The van der Waals surface area contributed by atoms with Crippen LogP contribution in [0.25, 0.3) is 0 Å². The number of hydrogen-bond donors (Lipinski definition) is 0. The van der Waals surface area contributed by atoms with Crippen LogP contribution in [0.15, 0.2) is 4.99 Å². The summed E-state index contributed by atoms with van der Waals surface area (Å²) >= 11 is 4.47. The molecular weight excluding hydrogens is 302 g/mol. The summed E-state index contributed by atoms with van der Waals surface area (Å²) in [7, 11) is 0. The lowest BCUT2D eigenvalue weighted by Crippen LogP contribution is -2.56. The van der Waals surface area contributed by atoms with Crippen LogP contribution in [0.3, 0.4) is 0 Å². The average molecular weight is 320 g/mol. The Bertz CT molecular complexity index is 529. The number of rotatable bonds is 4. The van der Waals surface area contributed by atoms with Gasteiger partial charge < -0.3 is 18.9 Å². The Labute approximate surface area is 130 Å². The van der Waals surface area contributed by atoms with Crippen molar-refractivity contribution in [3.63, 3.8) is 0 Å². The number of nitrogens with zero attached hydrogens (tertiary/aromatic N) is 1. The first kappa shape index (κ1) is 12.9. The number of ether oxygens (including phenoxy) is 4. The van der Waals surface area contributed by atoms with E-state index in [2.05, 4.69) is 17.2 Å². The van der Waals surface area contributed by atoms with Gasteiger partial charge in [0.1, 0.15) is 0 Å². The third kappa shape index (κ3) is 5.22. The molecule has 21 heavy (non-hydrogen) atoms. The van der Waals surface area contributed by atoms with Gasteiger partial charge in [-0.1, -0.05) is 0 Å². The van der Waals surface area contributed by atoms with Gasteiger partial charge in [-0.05, 0) is 12.2 Å². The first-order valence-electron chi connectivity index (χ1n) is 7.73. The number of isothiocyanates is 1. The second-order valence-electron chi connectivity index (χ2n) is 3.88. The van der Waals surface area contributed by atoms with Crippen LogP contribution in [-0.2, 0) is 33.3 Å². The van der Waals surface area contributed by atoms with Gasteiger partial charge >= 0.3 is 17.9 Å². The Hall–Kier alpha value is -1.83. The second kappa shape index (κ2) is 7.82. The minimum absolute atomic E-state index is 0.262. The zero-order chi connectivity index (χ0) is 18.1. The van der Waals surface area contributed by atoms with Crippen LogP contribution in [0.1, 0.15) is 24.8 Å². The molecule has 0 saturated carbocycles. The largest absolute Gasteiger partial charge is 0.456 e. The molecule has 0 aliphatic carbocycles. The molecule has 0 radical (unpaired) electrons. The van der Waals surface area contributed by atoms with E-state index >= 15 is 0 Å². The Balaban J connectivity index is 3.09. The summed E-state index contributed by atoms with van der Waals surface area (Å²) in [6.07, 6.45) is -5.00. The molecule has 8 nitrogen and oxygen atoms in total. The predicted molar refractivity (Wildman–Crippen MR) is 71.4 cm³/mol. The van der Waals surface area contributed by atoms with Crippen LogP contribution in [0.5, 0.6) is 0 Å². The lowest BCUT2D eigenvalue weighted by atomic mass is 10.0. The summed E-state index contributed by atoms with van der Waals surface area (Å²) < 4.78 is 41.2. The standard InChI is InChI=1S/C12H15NO7S/c1-6(14)18-9-4-17-12(13-5-21)11(20-8(3)16)10(9)19-7(2)15/h9-12H,4H2,1-3H3/t9-,10-,11+,12?/m1/s1/i1D,2D,3D. The van der Waals surface area contributed by atoms with Gasteiger partial charge in [0.25, 0.3) is 0 Å². The number of carbonyl (C=O) groups excluding carboxylic acids is 3. The molecular formula is C12H15NO7S. The third-order valence-electron chi connectivity index (χ3n) is 2.40. The summed E-state index contributed by atoms with van der Waals surface area (Å²) in [4.78, 5) is 37.9. The molecule has 1 heterocycles. The SMILES string of the molecule is [2H]CC(=O)O[C@H]1[C@H](OC(=O)C[2H])C(N=C=S)OC[C@H]1OC(=O)C[2H]. The van der Waals surface area contributed by atoms with Crippen LogP contribution in [0.2, 0.25) is 0 Å². The van der Waals surface area contributed by atoms with Crippen molar-refractivity contribution in [2.24, 2.45) is 4.99 Å². The zero-order valence-electron chi connectivity index (χ0n) is 13.9. The van der Waals surface area contributed by atoms with Gasteiger partial charge in [0.2, 0.25) is 0 Å². The molecule has 0 N–H and O–H groups in total. The van der Waals surface area contributed by atoms with E-state index in [9.17, 15) is 14.4 Å². The van der Waals surface area contributed by atoms with Gasteiger partial charge in [-0.2, -0.15) is 4.99 Å². The third-order valence-corrected chi connectivity index (χ3v) is 2.51. The summed E-state index contributed by atoms with van der Waals surface area (Å²) in [5, 5.41) is 2.04. The lowest BCUT2D eigenvalue weighted by Gasteiger charge is -2.38. The van der Waals surface area contributed by atoms with E-state index in [1.54, 1.807) is 0 Å². The number of thiocarbonyl (C=S) groups is 1. The van der Waals surface area contributed by atoms with Gasteiger partial charge in [-0.25, -0.2) is 0 Å². The number of hydrogen-bond acceptors (Lipinski definition) is 9. The van der Waals surface area contributed by atoms with Crippen molar-refractivity contribution in [1.82, 2.24) is 0 Å². The Morgan fingerprint density at radius 3 is 2.29 bits per heavy atom. The molecule has 116 valence electrons. The maximum absolute atomic E-state index is 11.5. The van der Waals surface area contributed by atoms with E-state index < -0.39 is 63.1 Å². The fourth-order valence-electron chi connectivity index (χ4n) is 1.76. The van der Waals surface area contributed by atoms with Crippen LogP contribution < -0.4 is 0 Å². The van der Waals surface area contributed by atoms with Gasteiger partial charge in [0.15, 0.2) is 24.5 Å². The van der Waals surface area contributed by atoms with Crippen LogP contribution in [-0.4, -0.2) is 54.2 Å². The minimum Gasteiger partial charge on any atom is -0.456 e. The quantitative estimate of drug-likeness (QED) is 0.314. The minimum atomic E-state index is -1.34. The van der Waals surface area contributed by atoms with E-state index in [1.165, 1.54) is 0 Å². The highest BCUT2D eigenvalue weighted by molar-refractivity contribution is 7.78. The zero-order valence-corrected chi connectivity index (χ0v) is 11.7. The lowest BCUT2D eigenvalue weighted by molar-refractivity contribution is -0.224. The fourth-order valence-corrected chi connectivity index (χ4v) is 1.87. The molecule has 0 bridgehead atoms. The normalized spacial score (nSPS) is 29.8. The summed E-state index contributed by atoms with van der Waals surface area (Å²) in [6, 6.07) is 0. The molecule has 1 aliphatic heterocycles. The number of esters is 3. The van der Waals surface area contributed by atoms with Crippen molar-refractivity contribution < 1.29 is 37.4 Å². The topological polar surface area (TPSA) is 100 Å². The summed E-state index contributed by atoms with van der Waals surface area (Å²) in [5.41, 5.74) is 0. The molecule has 0 spiro atoms. The molecule has 1 fully saturated rings. The summed E-state index contributed by atoms with van der Waals surface area (Å²) in [6.45, 7) is -2.35. The maximum atomic E-state index is 11.5. The molecule has 9 heteroatoms. The Kier molecular flexibility index (Phi) is 4.80. The van der Waals surface area contributed by atoms with E-state index in [0.29, 0.717) is 0 Å². The molecule has 4 atom stereocenters. The molecule has 1 unspecified atom stereocenters. The van der Waals surface area contributed by atoms with Crippen molar-refractivity contribution in [3.05, 3.63) is 0 Å². The highest BCUT2D eigenvalue weighted by atomic mass is 32.1. The smallest absolute Gasteiger partial charge is 0.303 e. The first-order chi connectivity index (χ1) is 11.5. The molecule has 0 amide bonds. The number of aliphatic imine (C=N–C) groups is 1. The summed E-state index contributed by atoms with van der Waals surface area (Å²) in [5.74, 6) is -2.81. The fraction of sp³-hybridized carbons (Fsp3) is 0.667. The van der Waals surface area contributed by atoms with E-state index in [0.717, 1.165) is 0 Å². The van der Waals surface area contributed by atoms with Crippen molar-refractivity contribution >= 4 is 35.3 Å². The van der Waals surface area contributed by atoms with Gasteiger partial charge in [-0.3, -0.25) is 14.4 Å². The second-order valence-corrected chi connectivity index (χ2v) is 4.06. The molecule has 1 saturated heterocycles. The molecule has 0 aromatic rings. The van der Waals surface area contributed by atoms with Gasteiger partial charge in [0.05, 0.1) is 11.8 Å². The predicted octanol–water partition coefficient (Wildman–Crippen LogP) is 0.241. The maximum Gasteiger partial charge on any atom is 0.303 e. The van der Waals surface area contributed by atoms with E-state index in [1.807, 2.05) is 5.16 Å². The van der Waals surface area contributed by atoms with Gasteiger partial charge in [-0.15, -0.1) is 0 Å². The molecule has 1 rings (SSSR count). The van der Waals surface area contributed by atoms with Crippen molar-refractivity contribution in [2.75, 3.05) is 6.61 Å². The molecule has 0 aromatic carbocycles. The average Bonchev–Trinajstić information content (AvgIpc) is 2.58. The molecule has 0 aromatic heterocycles. The van der Waals surface area contributed by atoms with Crippen molar-refractivity contribution in [2.45, 2.75) is 45.2 Å². The van der Waals surface area contributed by atoms with Gasteiger partial charge in [0, 0.05) is 24.8 Å². The number of carbonyl (C=O) groups is 3. The van der Waals surface area contributed by atoms with E-state index in [4.69, 9.17) is 23.1 Å². The van der Waals surface area contributed by atoms with Crippen LogP contribution >= 0.6 is 12.2 Å². The van der Waals surface area contributed by atoms with Crippen LogP contribution in [0, 0.1) is 0 Å². The monoisotopic (exact) mass is 320 g/mol. The molecule has 1 aliphatic rings. The Morgan fingerprint density at radius 2 is 1.71 bits per heavy atom. The highest BCUT2D eigenvalue weighted by Crippen LogP contribution is 2.24. The van der Waals surface area contributed by atoms with Crippen molar-refractivity contribution in [3.8, 4) is 0 Å². The van der Waals surface area contributed by atoms with Crippen LogP contribution in [0.4, 0.5) is 0 Å².